The molecule has 1 heterocycles. The van der Waals surface area contributed by atoms with Crippen molar-refractivity contribution in [1.29, 1.82) is 5.26 Å². The maximum absolute atomic E-state index is 13.1. The molecular formula is C16H15F3N2O2. The van der Waals surface area contributed by atoms with Crippen LogP contribution in [0.4, 0.5) is 18.9 Å². The summed E-state index contributed by atoms with van der Waals surface area (Å²) < 4.78 is 39.3. The Hall–Kier alpha value is -2.07. The van der Waals surface area contributed by atoms with Crippen LogP contribution in [0.1, 0.15) is 37.3 Å². The van der Waals surface area contributed by atoms with Crippen LogP contribution < -0.4 is 4.90 Å². The van der Waals surface area contributed by atoms with E-state index in [0.717, 1.165) is 12.1 Å². The van der Waals surface area contributed by atoms with E-state index in [2.05, 4.69) is 0 Å². The topological polar surface area (TPSA) is 64.3 Å². The second kappa shape index (κ2) is 4.96. The minimum Gasteiger partial charge on any atom is -0.390 e. The van der Waals surface area contributed by atoms with Crippen LogP contribution in [0.3, 0.4) is 0 Å². The molecule has 0 unspecified atom stereocenters. The normalized spacial score (nSPS) is 25.7. The molecule has 3 rings (SSSR count). The summed E-state index contributed by atoms with van der Waals surface area (Å²) in [6.45, 7) is 1.78. The van der Waals surface area contributed by atoms with Gasteiger partial charge in [-0.3, -0.25) is 4.79 Å². The number of rotatable bonds is 2. The standard InChI is InChI=1S/C16H15F3N2O2/c1-2-12-13(22)15(5-6-15)14(23)21(12)10-4-3-9(8-20)11(7-10)16(17,18)19/h3-4,7,12-13,22H,2,5-6H2,1H3/t12-,13-/m0/s1. The first-order valence-electron chi connectivity index (χ1n) is 7.39. The summed E-state index contributed by atoms with van der Waals surface area (Å²) in [7, 11) is 0. The number of amides is 1. The van der Waals surface area contributed by atoms with Gasteiger partial charge in [-0.05, 0) is 37.5 Å². The third-order valence-corrected chi connectivity index (χ3v) is 4.82. The van der Waals surface area contributed by atoms with Gasteiger partial charge in [0.2, 0.25) is 5.91 Å². The average molecular weight is 324 g/mol. The molecule has 2 atom stereocenters. The Labute approximate surface area is 131 Å². The van der Waals surface area contributed by atoms with Crippen molar-refractivity contribution in [2.45, 2.75) is 44.5 Å². The largest absolute Gasteiger partial charge is 0.417 e. The first kappa shape index (κ1) is 15.8. The van der Waals surface area contributed by atoms with Crippen molar-refractivity contribution in [3.63, 3.8) is 0 Å². The lowest BCUT2D eigenvalue weighted by Crippen LogP contribution is -2.36. The van der Waals surface area contributed by atoms with E-state index in [1.54, 1.807) is 6.92 Å². The highest BCUT2D eigenvalue weighted by atomic mass is 19.4. The fourth-order valence-electron chi connectivity index (χ4n) is 3.40. The molecule has 1 aliphatic heterocycles. The van der Waals surface area contributed by atoms with Gasteiger partial charge in [0.25, 0.3) is 0 Å². The second-order valence-corrected chi connectivity index (χ2v) is 6.09. The minimum atomic E-state index is -4.68. The van der Waals surface area contributed by atoms with E-state index >= 15 is 0 Å². The quantitative estimate of drug-likeness (QED) is 0.910. The number of carbonyl (C=O) groups is 1. The van der Waals surface area contributed by atoms with Crippen molar-refractivity contribution in [1.82, 2.24) is 0 Å². The maximum atomic E-state index is 13.1. The molecule has 1 N–H and O–H groups in total. The van der Waals surface area contributed by atoms with Gasteiger partial charge in [-0.25, -0.2) is 0 Å². The molecule has 2 aliphatic rings. The van der Waals surface area contributed by atoms with Gasteiger partial charge in [-0.1, -0.05) is 6.92 Å². The first-order valence-corrected chi connectivity index (χ1v) is 7.39. The maximum Gasteiger partial charge on any atom is 0.417 e. The van der Waals surface area contributed by atoms with Gasteiger partial charge in [0, 0.05) is 5.69 Å². The van der Waals surface area contributed by atoms with E-state index in [1.165, 1.54) is 17.0 Å². The molecule has 7 heteroatoms. The van der Waals surface area contributed by atoms with Crippen LogP contribution in [0.5, 0.6) is 0 Å². The fraction of sp³-hybridized carbons (Fsp3) is 0.500. The highest BCUT2D eigenvalue weighted by molar-refractivity contribution is 6.03. The van der Waals surface area contributed by atoms with Crippen LogP contribution in [0.2, 0.25) is 0 Å². The third-order valence-electron chi connectivity index (χ3n) is 4.82. The number of alkyl halides is 3. The van der Waals surface area contributed by atoms with Gasteiger partial charge in [0.1, 0.15) is 0 Å². The van der Waals surface area contributed by atoms with Gasteiger partial charge < -0.3 is 10.0 Å². The molecule has 1 aromatic rings. The Morgan fingerprint density at radius 1 is 1.43 bits per heavy atom. The number of aliphatic hydroxyl groups is 1. The van der Waals surface area contributed by atoms with E-state index in [1.807, 2.05) is 0 Å². The summed E-state index contributed by atoms with van der Waals surface area (Å²) >= 11 is 0. The fourth-order valence-corrected chi connectivity index (χ4v) is 3.40. The van der Waals surface area contributed by atoms with Crippen molar-refractivity contribution in [3.8, 4) is 6.07 Å². The van der Waals surface area contributed by atoms with Crippen LogP contribution in [-0.4, -0.2) is 23.2 Å². The zero-order valence-corrected chi connectivity index (χ0v) is 12.4. The van der Waals surface area contributed by atoms with E-state index in [9.17, 15) is 23.1 Å². The molecule has 2 fully saturated rings. The van der Waals surface area contributed by atoms with E-state index in [4.69, 9.17) is 5.26 Å². The highest BCUT2D eigenvalue weighted by Crippen LogP contribution is 2.57. The SMILES string of the molecule is CC[C@H]1[C@H](O)C2(CC2)C(=O)N1c1ccc(C#N)c(C(F)(F)F)c1. The number of aliphatic hydroxyl groups excluding tert-OH is 1. The number of nitriles is 1. The summed E-state index contributed by atoms with van der Waals surface area (Å²) in [5.41, 5.74) is -2.29. The summed E-state index contributed by atoms with van der Waals surface area (Å²) in [6.07, 6.45) is -3.99. The van der Waals surface area contributed by atoms with Crippen LogP contribution >= 0.6 is 0 Å². The molecule has 122 valence electrons. The Morgan fingerprint density at radius 3 is 2.57 bits per heavy atom. The third kappa shape index (κ3) is 2.20. The molecule has 0 radical (unpaired) electrons. The van der Waals surface area contributed by atoms with E-state index in [-0.39, 0.29) is 11.6 Å². The molecule has 0 bridgehead atoms. The molecule has 1 spiro atoms. The Balaban J connectivity index is 2.08. The van der Waals surface area contributed by atoms with Crippen molar-refractivity contribution >= 4 is 11.6 Å². The van der Waals surface area contributed by atoms with Crippen molar-refractivity contribution < 1.29 is 23.1 Å². The average Bonchev–Trinajstić information content (AvgIpc) is 3.28. The smallest absolute Gasteiger partial charge is 0.390 e. The molecule has 1 amide bonds. The van der Waals surface area contributed by atoms with Crippen LogP contribution in [0, 0.1) is 16.7 Å². The summed E-state index contributed by atoms with van der Waals surface area (Å²) in [5, 5.41) is 19.2. The zero-order valence-electron chi connectivity index (χ0n) is 12.4. The van der Waals surface area contributed by atoms with Crippen LogP contribution in [-0.2, 0) is 11.0 Å². The molecule has 1 aromatic carbocycles. The van der Waals surface area contributed by atoms with Gasteiger partial charge in [-0.15, -0.1) is 0 Å². The number of nitrogens with zero attached hydrogens (tertiary/aromatic N) is 2. The van der Waals surface area contributed by atoms with Crippen molar-refractivity contribution in [2.24, 2.45) is 5.41 Å². The van der Waals surface area contributed by atoms with E-state index in [0.29, 0.717) is 19.3 Å². The van der Waals surface area contributed by atoms with Crippen molar-refractivity contribution in [2.75, 3.05) is 4.90 Å². The summed E-state index contributed by atoms with van der Waals surface area (Å²) in [4.78, 5) is 13.9. The number of halogens is 3. The van der Waals surface area contributed by atoms with Crippen LogP contribution in [0.25, 0.3) is 0 Å². The second-order valence-electron chi connectivity index (χ2n) is 6.09. The number of hydrogen-bond acceptors (Lipinski definition) is 3. The lowest BCUT2D eigenvalue weighted by atomic mass is 9.97. The predicted molar refractivity (Wildman–Crippen MR) is 75.4 cm³/mol. The molecule has 0 aromatic heterocycles. The molecular weight excluding hydrogens is 309 g/mol. The van der Waals surface area contributed by atoms with Gasteiger partial charge in [0.15, 0.2) is 0 Å². The van der Waals surface area contributed by atoms with Gasteiger partial charge in [-0.2, -0.15) is 18.4 Å². The van der Waals surface area contributed by atoms with Crippen molar-refractivity contribution in [3.05, 3.63) is 29.3 Å². The Bertz CT molecular complexity index is 704. The number of anilines is 1. The highest BCUT2D eigenvalue weighted by Gasteiger charge is 2.65. The molecule has 23 heavy (non-hydrogen) atoms. The first-order chi connectivity index (χ1) is 10.8. The number of benzene rings is 1. The predicted octanol–water partition coefficient (Wildman–Crippen LogP) is 2.84. The number of hydrogen-bond donors (Lipinski definition) is 1. The zero-order chi connectivity index (χ0) is 17.0. The van der Waals surface area contributed by atoms with E-state index < -0.39 is 34.9 Å². The van der Waals surface area contributed by atoms with Gasteiger partial charge >= 0.3 is 6.18 Å². The van der Waals surface area contributed by atoms with Crippen LogP contribution in [0.15, 0.2) is 18.2 Å². The molecule has 1 saturated carbocycles. The molecule has 1 saturated heterocycles. The lowest BCUT2D eigenvalue weighted by Gasteiger charge is -2.26. The molecule has 4 nitrogen and oxygen atoms in total. The lowest BCUT2D eigenvalue weighted by molar-refractivity contribution is -0.137. The monoisotopic (exact) mass is 324 g/mol. The Morgan fingerprint density at radius 2 is 2.09 bits per heavy atom. The summed E-state index contributed by atoms with van der Waals surface area (Å²) in [6, 6.07) is 4.21. The molecule has 1 aliphatic carbocycles. The minimum absolute atomic E-state index is 0.0796. The summed E-state index contributed by atoms with van der Waals surface area (Å²) in [5.74, 6) is -0.324. The van der Waals surface area contributed by atoms with Gasteiger partial charge in [0.05, 0.1) is 34.8 Å². The number of carbonyl (C=O) groups excluding carboxylic acids is 1. The Kier molecular flexibility index (Phi) is 3.41.